The van der Waals surface area contributed by atoms with Crippen molar-refractivity contribution in [3.05, 3.63) is 66.5 Å². The number of benzene rings is 3. The van der Waals surface area contributed by atoms with E-state index in [2.05, 4.69) is 35.3 Å². The van der Waals surface area contributed by atoms with Gasteiger partial charge in [-0.3, -0.25) is 0 Å². The first-order valence-corrected chi connectivity index (χ1v) is 7.33. The van der Waals surface area contributed by atoms with E-state index in [1.807, 2.05) is 30.3 Å². The lowest BCUT2D eigenvalue weighted by atomic mass is 10.00. The molecule has 0 unspecified atom stereocenters. The molecule has 1 aromatic heterocycles. The number of fused-ring (bicyclic) bond motifs is 2. The number of imidazole rings is 1. The number of hydrogen-bond acceptors (Lipinski definition) is 2. The van der Waals surface area contributed by atoms with Gasteiger partial charge in [0.2, 0.25) is 5.82 Å². The first-order valence-electron chi connectivity index (χ1n) is 7.33. The Hall–Kier alpha value is -2.41. The van der Waals surface area contributed by atoms with E-state index in [1.54, 1.807) is 11.6 Å². The van der Waals surface area contributed by atoms with E-state index in [0.717, 1.165) is 22.0 Å². The second-order valence-corrected chi connectivity index (χ2v) is 5.53. The number of aromatic nitrogens is 2. The SMILES string of the molecule is Cn1c(C(=O)O)nc2cccc(-c3ccc4ccccc4c3)c21.I. The van der Waals surface area contributed by atoms with Gasteiger partial charge < -0.3 is 9.67 Å². The first kappa shape index (κ1) is 16.4. The average molecular weight is 430 g/mol. The smallest absolute Gasteiger partial charge is 0.372 e. The maximum Gasteiger partial charge on any atom is 0.372 e. The lowest BCUT2D eigenvalue weighted by molar-refractivity contribution is 0.0680. The van der Waals surface area contributed by atoms with Gasteiger partial charge in [-0.15, -0.1) is 24.0 Å². The van der Waals surface area contributed by atoms with Crippen molar-refractivity contribution >= 4 is 51.8 Å². The van der Waals surface area contributed by atoms with Crippen molar-refractivity contribution in [2.45, 2.75) is 0 Å². The van der Waals surface area contributed by atoms with Crippen molar-refractivity contribution in [2.75, 3.05) is 0 Å². The van der Waals surface area contributed by atoms with Crippen LogP contribution in [0.25, 0.3) is 32.9 Å². The van der Waals surface area contributed by atoms with Gasteiger partial charge in [0.1, 0.15) is 0 Å². The Labute approximate surface area is 155 Å². The molecule has 0 aliphatic heterocycles. The maximum absolute atomic E-state index is 11.3. The Morgan fingerprint density at radius 3 is 2.50 bits per heavy atom. The molecule has 1 heterocycles. The summed E-state index contributed by atoms with van der Waals surface area (Å²) in [7, 11) is 1.74. The van der Waals surface area contributed by atoms with Gasteiger partial charge >= 0.3 is 5.97 Å². The predicted molar refractivity (Wildman–Crippen MR) is 106 cm³/mol. The molecule has 5 heteroatoms. The van der Waals surface area contributed by atoms with Gasteiger partial charge in [0.15, 0.2) is 0 Å². The second kappa shape index (κ2) is 6.24. The summed E-state index contributed by atoms with van der Waals surface area (Å²) in [6.45, 7) is 0. The third-order valence-corrected chi connectivity index (χ3v) is 4.15. The summed E-state index contributed by atoms with van der Waals surface area (Å²) >= 11 is 0. The molecule has 0 spiro atoms. The van der Waals surface area contributed by atoms with E-state index in [9.17, 15) is 9.90 Å². The molecular weight excluding hydrogens is 415 g/mol. The number of carboxylic acid groups (broad SMARTS) is 1. The fourth-order valence-corrected chi connectivity index (χ4v) is 3.05. The van der Waals surface area contributed by atoms with Crippen LogP contribution in [0, 0.1) is 0 Å². The minimum absolute atomic E-state index is 0. The van der Waals surface area contributed by atoms with Crippen LogP contribution in [-0.4, -0.2) is 20.6 Å². The van der Waals surface area contributed by atoms with Crippen molar-refractivity contribution < 1.29 is 9.90 Å². The fourth-order valence-electron chi connectivity index (χ4n) is 3.05. The van der Waals surface area contributed by atoms with E-state index in [4.69, 9.17) is 0 Å². The molecule has 4 nitrogen and oxygen atoms in total. The van der Waals surface area contributed by atoms with Crippen LogP contribution in [0.4, 0.5) is 0 Å². The summed E-state index contributed by atoms with van der Waals surface area (Å²) in [5.41, 5.74) is 3.56. The van der Waals surface area contributed by atoms with Crippen LogP contribution in [0.5, 0.6) is 0 Å². The lowest BCUT2D eigenvalue weighted by Gasteiger charge is -2.07. The molecule has 3 aromatic carbocycles. The third kappa shape index (κ3) is 2.54. The van der Waals surface area contributed by atoms with Crippen LogP contribution in [-0.2, 0) is 7.05 Å². The van der Waals surface area contributed by atoms with Crippen molar-refractivity contribution in [2.24, 2.45) is 7.05 Å². The molecule has 1 N–H and O–H groups in total. The summed E-state index contributed by atoms with van der Waals surface area (Å²) in [5.74, 6) is -0.971. The third-order valence-electron chi connectivity index (χ3n) is 4.15. The van der Waals surface area contributed by atoms with Crippen molar-refractivity contribution in [1.29, 1.82) is 0 Å². The maximum atomic E-state index is 11.3. The van der Waals surface area contributed by atoms with E-state index < -0.39 is 5.97 Å². The number of aromatic carboxylic acids is 1. The number of rotatable bonds is 2. The molecule has 0 radical (unpaired) electrons. The Balaban J connectivity index is 0.00000169. The molecule has 0 bridgehead atoms. The van der Waals surface area contributed by atoms with Crippen LogP contribution in [0.2, 0.25) is 0 Å². The van der Waals surface area contributed by atoms with Gasteiger partial charge in [0, 0.05) is 12.6 Å². The van der Waals surface area contributed by atoms with Crippen molar-refractivity contribution in [3.8, 4) is 11.1 Å². The highest BCUT2D eigenvalue weighted by molar-refractivity contribution is 14.0. The minimum Gasteiger partial charge on any atom is -0.475 e. The number of para-hydroxylation sites is 1. The van der Waals surface area contributed by atoms with Gasteiger partial charge in [0.05, 0.1) is 11.0 Å². The minimum atomic E-state index is -1.02. The molecule has 24 heavy (non-hydrogen) atoms. The fraction of sp³-hybridized carbons (Fsp3) is 0.0526. The van der Waals surface area contributed by atoms with Gasteiger partial charge in [-0.05, 0) is 28.5 Å². The highest BCUT2D eigenvalue weighted by Gasteiger charge is 2.17. The molecule has 0 atom stereocenters. The summed E-state index contributed by atoms with van der Waals surface area (Å²) in [4.78, 5) is 15.6. The Bertz CT molecular complexity index is 1070. The van der Waals surface area contributed by atoms with Crippen LogP contribution in [0.15, 0.2) is 60.7 Å². The quantitative estimate of drug-likeness (QED) is 0.469. The second-order valence-electron chi connectivity index (χ2n) is 5.53. The van der Waals surface area contributed by atoms with Gasteiger partial charge in [-0.2, -0.15) is 0 Å². The highest BCUT2D eigenvalue weighted by atomic mass is 127. The zero-order valence-corrected chi connectivity index (χ0v) is 15.3. The Morgan fingerprint density at radius 1 is 1.00 bits per heavy atom. The van der Waals surface area contributed by atoms with Gasteiger partial charge in [-0.25, -0.2) is 9.78 Å². The molecule has 0 saturated heterocycles. The van der Waals surface area contributed by atoms with Crippen LogP contribution >= 0.6 is 24.0 Å². The first-order chi connectivity index (χ1) is 11.1. The number of carbonyl (C=O) groups is 1. The molecule has 0 amide bonds. The number of halogens is 1. The summed E-state index contributed by atoms with van der Waals surface area (Å²) in [5, 5.41) is 11.6. The standard InChI is InChI=1S/C19H14N2O2.HI/c1-21-17-15(7-4-8-16(17)20-18(21)19(22)23)14-10-9-12-5-2-3-6-13(12)11-14;/h2-11H,1H3,(H,22,23);1H. The highest BCUT2D eigenvalue weighted by Crippen LogP contribution is 2.31. The normalized spacial score (nSPS) is 10.7. The lowest BCUT2D eigenvalue weighted by Crippen LogP contribution is -2.05. The summed E-state index contributed by atoms with van der Waals surface area (Å²) in [6, 6.07) is 20.2. The summed E-state index contributed by atoms with van der Waals surface area (Å²) in [6.07, 6.45) is 0. The molecule has 0 aliphatic rings. The summed E-state index contributed by atoms with van der Waals surface area (Å²) < 4.78 is 1.64. The average Bonchev–Trinajstić information content (AvgIpc) is 2.92. The van der Waals surface area contributed by atoms with E-state index in [0.29, 0.717) is 5.52 Å². The van der Waals surface area contributed by atoms with Crippen LogP contribution in [0.3, 0.4) is 0 Å². The molecule has 0 saturated carbocycles. The zero-order valence-electron chi connectivity index (χ0n) is 12.9. The van der Waals surface area contributed by atoms with E-state index in [-0.39, 0.29) is 29.8 Å². The van der Waals surface area contributed by atoms with Crippen molar-refractivity contribution in [1.82, 2.24) is 9.55 Å². The number of hydrogen-bond donors (Lipinski definition) is 1. The zero-order chi connectivity index (χ0) is 16.0. The molecule has 120 valence electrons. The van der Waals surface area contributed by atoms with Gasteiger partial charge in [-0.1, -0.05) is 48.5 Å². The topological polar surface area (TPSA) is 55.1 Å². The monoisotopic (exact) mass is 430 g/mol. The number of carboxylic acids is 1. The number of nitrogens with zero attached hydrogens (tertiary/aromatic N) is 2. The molecular formula is C19H15IN2O2. The largest absolute Gasteiger partial charge is 0.475 e. The number of aryl methyl sites for hydroxylation is 1. The molecule has 4 rings (SSSR count). The Kier molecular flexibility index (Phi) is 4.28. The van der Waals surface area contributed by atoms with Crippen molar-refractivity contribution in [3.63, 3.8) is 0 Å². The predicted octanol–water partition coefficient (Wildman–Crippen LogP) is 4.71. The van der Waals surface area contributed by atoms with Crippen LogP contribution < -0.4 is 0 Å². The van der Waals surface area contributed by atoms with Gasteiger partial charge in [0.25, 0.3) is 0 Å². The molecule has 4 aromatic rings. The Morgan fingerprint density at radius 2 is 1.75 bits per heavy atom. The molecule has 0 aliphatic carbocycles. The van der Waals surface area contributed by atoms with E-state index in [1.165, 1.54) is 5.39 Å². The van der Waals surface area contributed by atoms with E-state index >= 15 is 0 Å². The van der Waals surface area contributed by atoms with Crippen LogP contribution in [0.1, 0.15) is 10.6 Å². The molecule has 0 fully saturated rings.